The number of quaternary nitrogens is 1. The van der Waals surface area contributed by atoms with Gasteiger partial charge in [0.25, 0.3) is 0 Å². The lowest BCUT2D eigenvalue weighted by atomic mass is 10.2. The highest BCUT2D eigenvalue weighted by molar-refractivity contribution is 5.20. The van der Waals surface area contributed by atoms with Crippen molar-refractivity contribution in [1.82, 2.24) is 0 Å². The molecule has 0 bridgehead atoms. The third kappa shape index (κ3) is 3.77. The summed E-state index contributed by atoms with van der Waals surface area (Å²) in [7, 11) is 6.55. The minimum Gasteiger partial charge on any atom is -0.512 e. The van der Waals surface area contributed by atoms with Gasteiger partial charge in [0, 0.05) is 12.8 Å². The second-order valence-corrected chi connectivity index (χ2v) is 4.67. The number of rotatable bonds is 4. The van der Waals surface area contributed by atoms with E-state index in [-0.39, 0.29) is 0 Å². The van der Waals surface area contributed by atoms with Crippen molar-refractivity contribution in [2.45, 2.75) is 25.7 Å². The summed E-state index contributed by atoms with van der Waals surface area (Å²) in [4.78, 5) is 0. The summed E-state index contributed by atoms with van der Waals surface area (Å²) in [5.41, 5.74) is 1.29. The lowest BCUT2D eigenvalue weighted by Gasteiger charge is -2.23. The second-order valence-electron chi connectivity index (χ2n) is 4.67. The molecule has 1 aliphatic carbocycles. The van der Waals surface area contributed by atoms with E-state index in [1.807, 2.05) is 0 Å². The number of hydrogen-bond donors (Lipinski definition) is 1. The summed E-state index contributed by atoms with van der Waals surface area (Å²) in [6.45, 7) is 1.14. The van der Waals surface area contributed by atoms with Gasteiger partial charge in [-0.2, -0.15) is 0 Å². The fourth-order valence-electron chi connectivity index (χ4n) is 1.25. The average molecular weight is 170 g/mol. The Morgan fingerprint density at radius 1 is 1.33 bits per heavy atom. The Kier molecular flexibility index (Phi) is 2.78. The van der Waals surface area contributed by atoms with Gasteiger partial charge in [0.2, 0.25) is 0 Å². The monoisotopic (exact) mass is 170 g/mol. The minimum absolute atomic E-state index is 0.670. The molecule has 1 rings (SSSR count). The lowest BCUT2D eigenvalue weighted by Crippen LogP contribution is -2.35. The SMILES string of the molecule is C[N+](C)(C)CCCC(O)=C1CC1. The first kappa shape index (κ1) is 9.59. The van der Waals surface area contributed by atoms with Gasteiger partial charge in [-0.1, -0.05) is 0 Å². The van der Waals surface area contributed by atoms with E-state index < -0.39 is 0 Å². The topological polar surface area (TPSA) is 20.2 Å². The Morgan fingerprint density at radius 2 is 1.92 bits per heavy atom. The van der Waals surface area contributed by atoms with Gasteiger partial charge in [-0.25, -0.2) is 0 Å². The van der Waals surface area contributed by atoms with Crippen molar-refractivity contribution < 1.29 is 9.59 Å². The van der Waals surface area contributed by atoms with E-state index in [9.17, 15) is 5.11 Å². The van der Waals surface area contributed by atoms with Crippen LogP contribution in [0.3, 0.4) is 0 Å². The molecule has 0 radical (unpaired) electrons. The molecule has 0 unspecified atom stereocenters. The molecule has 12 heavy (non-hydrogen) atoms. The Labute approximate surface area is 75.1 Å². The smallest absolute Gasteiger partial charge is 0.0917 e. The maximum Gasteiger partial charge on any atom is 0.0917 e. The third-order valence-corrected chi connectivity index (χ3v) is 2.15. The number of aliphatic hydroxyl groups excluding tert-OH is 1. The summed E-state index contributed by atoms with van der Waals surface area (Å²) < 4.78 is 0.989. The van der Waals surface area contributed by atoms with Crippen LogP contribution in [0.4, 0.5) is 0 Å². The molecular formula is C10H20NO+. The molecule has 0 aromatic carbocycles. The zero-order chi connectivity index (χ0) is 9.19. The van der Waals surface area contributed by atoms with Gasteiger partial charge in [0.15, 0.2) is 0 Å². The highest BCUT2D eigenvalue weighted by Crippen LogP contribution is 2.32. The fourth-order valence-corrected chi connectivity index (χ4v) is 1.25. The summed E-state index contributed by atoms with van der Waals surface area (Å²) in [5.74, 6) is 0.670. The van der Waals surface area contributed by atoms with Gasteiger partial charge < -0.3 is 9.59 Å². The summed E-state index contributed by atoms with van der Waals surface area (Å²) in [6, 6.07) is 0. The van der Waals surface area contributed by atoms with Gasteiger partial charge >= 0.3 is 0 Å². The quantitative estimate of drug-likeness (QED) is 0.506. The van der Waals surface area contributed by atoms with E-state index in [1.54, 1.807) is 0 Å². The predicted octanol–water partition coefficient (Wildman–Crippen LogP) is 2.08. The molecule has 0 aromatic rings. The summed E-state index contributed by atoms with van der Waals surface area (Å²) >= 11 is 0. The van der Waals surface area contributed by atoms with Crippen LogP contribution in [-0.4, -0.2) is 37.3 Å². The molecule has 1 fully saturated rings. The second kappa shape index (κ2) is 3.48. The van der Waals surface area contributed by atoms with Crippen LogP contribution in [-0.2, 0) is 0 Å². The molecular weight excluding hydrogens is 150 g/mol. The zero-order valence-corrected chi connectivity index (χ0v) is 8.43. The highest BCUT2D eigenvalue weighted by atomic mass is 16.3. The minimum atomic E-state index is 0.670. The molecule has 2 heteroatoms. The lowest BCUT2D eigenvalue weighted by molar-refractivity contribution is -0.870. The highest BCUT2D eigenvalue weighted by Gasteiger charge is 2.17. The van der Waals surface area contributed by atoms with Crippen LogP contribution in [0.1, 0.15) is 25.7 Å². The Morgan fingerprint density at radius 3 is 2.33 bits per heavy atom. The molecule has 2 nitrogen and oxygen atoms in total. The van der Waals surface area contributed by atoms with Crippen LogP contribution in [0.5, 0.6) is 0 Å². The predicted molar refractivity (Wildman–Crippen MR) is 51.0 cm³/mol. The van der Waals surface area contributed by atoms with Crippen molar-refractivity contribution >= 4 is 0 Å². The summed E-state index contributed by atoms with van der Waals surface area (Å²) in [5, 5.41) is 9.46. The Hall–Kier alpha value is -0.500. The third-order valence-electron chi connectivity index (χ3n) is 2.15. The van der Waals surface area contributed by atoms with Crippen LogP contribution in [0.2, 0.25) is 0 Å². The Bertz CT molecular complexity index is 183. The molecule has 0 saturated heterocycles. The van der Waals surface area contributed by atoms with Gasteiger partial charge in [0.05, 0.1) is 33.4 Å². The maximum absolute atomic E-state index is 9.46. The van der Waals surface area contributed by atoms with Gasteiger partial charge in [0.1, 0.15) is 0 Å². The summed E-state index contributed by atoms with van der Waals surface area (Å²) in [6.07, 6.45) is 4.25. The van der Waals surface area contributed by atoms with Crippen LogP contribution < -0.4 is 0 Å². The van der Waals surface area contributed by atoms with E-state index in [0.717, 1.165) is 36.7 Å². The first-order chi connectivity index (χ1) is 5.49. The Balaban J connectivity index is 2.14. The largest absolute Gasteiger partial charge is 0.512 e. The molecule has 0 atom stereocenters. The van der Waals surface area contributed by atoms with Crippen molar-refractivity contribution in [1.29, 1.82) is 0 Å². The zero-order valence-electron chi connectivity index (χ0n) is 8.43. The van der Waals surface area contributed by atoms with Crippen LogP contribution >= 0.6 is 0 Å². The molecule has 0 heterocycles. The number of allylic oxidation sites excluding steroid dienone is 2. The molecule has 0 aromatic heterocycles. The van der Waals surface area contributed by atoms with Crippen molar-refractivity contribution in [3.05, 3.63) is 11.3 Å². The maximum atomic E-state index is 9.46. The molecule has 1 aliphatic rings. The first-order valence-corrected chi connectivity index (χ1v) is 4.69. The van der Waals surface area contributed by atoms with E-state index in [1.165, 1.54) is 5.57 Å². The van der Waals surface area contributed by atoms with Gasteiger partial charge in [-0.05, 0) is 18.4 Å². The molecule has 1 N–H and O–H groups in total. The molecule has 0 aliphatic heterocycles. The van der Waals surface area contributed by atoms with E-state index in [4.69, 9.17) is 0 Å². The van der Waals surface area contributed by atoms with Crippen LogP contribution in [0.15, 0.2) is 11.3 Å². The average Bonchev–Trinajstić information content (AvgIpc) is 2.64. The molecule has 70 valence electrons. The molecule has 1 saturated carbocycles. The normalized spacial score (nSPS) is 16.4. The molecule has 0 spiro atoms. The van der Waals surface area contributed by atoms with Crippen molar-refractivity contribution in [2.24, 2.45) is 0 Å². The number of hydrogen-bond acceptors (Lipinski definition) is 1. The first-order valence-electron chi connectivity index (χ1n) is 4.69. The van der Waals surface area contributed by atoms with Crippen LogP contribution in [0.25, 0.3) is 0 Å². The number of nitrogens with zero attached hydrogens (tertiary/aromatic N) is 1. The van der Waals surface area contributed by atoms with Gasteiger partial charge in [-0.3, -0.25) is 0 Å². The standard InChI is InChI=1S/C10H19NO/c1-11(2,3)8-4-5-10(12)9-6-7-9/h4-8H2,1-3H3/p+1. The van der Waals surface area contributed by atoms with Crippen LogP contribution in [0, 0.1) is 0 Å². The van der Waals surface area contributed by atoms with Crippen molar-refractivity contribution in [3.63, 3.8) is 0 Å². The number of aliphatic hydroxyl groups is 1. The van der Waals surface area contributed by atoms with E-state index in [2.05, 4.69) is 21.1 Å². The van der Waals surface area contributed by atoms with E-state index >= 15 is 0 Å². The van der Waals surface area contributed by atoms with Crippen molar-refractivity contribution in [3.8, 4) is 0 Å². The van der Waals surface area contributed by atoms with Crippen molar-refractivity contribution in [2.75, 3.05) is 27.7 Å². The van der Waals surface area contributed by atoms with Gasteiger partial charge in [-0.15, -0.1) is 0 Å². The molecule has 0 amide bonds. The van der Waals surface area contributed by atoms with E-state index in [0.29, 0.717) is 5.76 Å². The fraction of sp³-hybridized carbons (Fsp3) is 0.800.